The summed E-state index contributed by atoms with van der Waals surface area (Å²) in [5.41, 5.74) is 3.96. The van der Waals surface area contributed by atoms with E-state index in [-0.39, 0.29) is 5.91 Å². The zero-order valence-electron chi connectivity index (χ0n) is 19.6. The molecule has 1 N–H and O–H groups in total. The van der Waals surface area contributed by atoms with Gasteiger partial charge < -0.3 is 14.6 Å². The molecule has 3 aromatic carbocycles. The first-order chi connectivity index (χ1) is 16.5. The summed E-state index contributed by atoms with van der Waals surface area (Å²) < 4.78 is 9.10. The summed E-state index contributed by atoms with van der Waals surface area (Å²) in [5.74, 6) is 2.18. The van der Waals surface area contributed by atoms with Crippen LogP contribution in [0.3, 0.4) is 0 Å². The molecular formula is C28H30BrN3O2. The maximum Gasteiger partial charge on any atom is 0.251 e. The second-order valence-electron chi connectivity index (χ2n) is 8.44. The number of nitrogens with zero attached hydrogens (tertiary/aromatic N) is 2. The molecule has 6 heteroatoms. The third kappa shape index (κ3) is 5.86. The van der Waals surface area contributed by atoms with Crippen molar-refractivity contribution in [3.05, 3.63) is 94.2 Å². The van der Waals surface area contributed by atoms with E-state index in [1.807, 2.05) is 30.3 Å². The van der Waals surface area contributed by atoms with Gasteiger partial charge in [-0.25, -0.2) is 4.98 Å². The van der Waals surface area contributed by atoms with Crippen molar-refractivity contribution >= 4 is 32.9 Å². The summed E-state index contributed by atoms with van der Waals surface area (Å²) in [4.78, 5) is 17.3. The Hall–Kier alpha value is -3.12. The first-order valence-electron chi connectivity index (χ1n) is 11.8. The van der Waals surface area contributed by atoms with Gasteiger partial charge in [-0.3, -0.25) is 4.79 Å². The maximum atomic E-state index is 12.6. The average molecular weight is 520 g/mol. The lowest BCUT2D eigenvalue weighted by molar-refractivity contribution is 0.0949. The summed E-state index contributed by atoms with van der Waals surface area (Å²) in [5, 5.41) is 3.00. The van der Waals surface area contributed by atoms with E-state index in [4.69, 9.17) is 9.72 Å². The molecule has 1 heterocycles. The highest BCUT2D eigenvalue weighted by Gasteiger charge is 2.12. The Morgan fingerprint density at radius 3 is 2.53 bits per heavy atom. The van der Waals surface area contributed by atoms with Crippen LogP contribution in [-0.4, -0.2) is 22.1 Å². The molecule has 0 fully saturated rings. The molecule has 0 spiro atoms. The monoisotopic (exact) mass is 519 g/mol. The number of fused-ring (bicyclic) bond motifs is 1. The summed E-state index contributed by atoms with van der Waals surface area (Å²) in [7, 11) is 0. The third-order valence-electron chi connectivity index (χ3n) is 6.10. The van der Waals surface area contributed by atoms with Crippen molar-refractivity contribution in [3.8, 4) is 5.75 Å². The molecular weight excluding hydrogens is 490 g/mol. The number of rotatable bonds is 10. The highest BCUT2D eigenvalue weighted by molar-refractivity contribution is 9.10. The van der Waals surface area contributed by atoms with E-state index in [9.17, 15) is 4.79 Å². The van der Waals surface area contributed by atoms with Crippen molar-refractivity contribution in [1.29, 1.82) is 0 Å². The van der Waals surface area contributed by atoms with Gasteiger partial charge in [0, 0.05) is 16.6 Å². The van der Waals surface area contributed by atoms with Crippen LogP contribution >= 0.6 is 15.9 Å². The normalized spacial score (nSPS) is 12.0. The molecule has 5 nitrogen and oxygen atoms in total. The van der Waals surface area contributed by atoms with Gasteiger partial charge in [0.1, 0.15) is 11.6 Å². The Morgan fingerprint density at radius 1 is 1.06 bits per heavy atom. The van der Waals surface area contributed by atoms with Gasteiger partial charge in [0.15, 0.2) is 0 Å². The zero-order chi connectivity index (χ0) is 23.9. The van der Waals surface area contributed by atoms with E-state index in [2.05, 4.69) is 70.0 Å². The lowest BCUT2D eigenvalue weighted by Gasteiger charge is -2.12. The molecule has 4 aromatic rings. The van der Waals surface area contributed by atoms with Gasteiger partial charge in [-0.15, -0.1) is 0 Å². The number of nitrogens with one attached hydrogen (secondary N) is 1. The van der Waals surface area contributed by atoms with Crippen LogP contribution in [0.4, 0.5) is 0 Å². The molecule has 4 rings (SSSR count). The third-order valence-corrected chi connectivity index (χ3v) is 6.63. The number of amides is 1. The summed E-state index contributed by atoms with van der Waals surface area (Å²) in [6.07, 6.45) is 1.96. The van der Waals surface area contributed by atoms with Crippen molar-refractivity contribution in [1.82, 2.24) is 14.9 Å². The van der Waals surface area contributed by atoms with Crippen molar-refractivity contribution in [3.63, 3.8) is 0 Å². The Labute approximate surface area is 209 Å². The Bertz CT molecular complexity index is 1230. The van der Waals surface area contributed by atoms with Gasteiger partial charge >= 0.3 is 0 Å². The average Bonchev–Trinajstić information content (AvgIpc) is 3.23. The first kappa shape index (κ1) is 24.0. The molecule has 0 saturated carbocycles. The summed E-state index contributed by atoms with van der Waals surface area (Å²) in [6.45, 7) is 6.18. The Morgan fingerprint density at radius 2 is 1.79 bits per heavy atom. The van der Waals surface area contributed by atoms with Gasteiger partial charge in [0.2, 0.25) is 0 Å². The number of carbonyl (C=O) groups is 1. The number of hydrogen-bond donors (Lipinski definition) is 1. The summed E-state index contributed by atoms with van der Waals surface area (Å²) in [6, 6.07) is 23.8. The number of halogens is 1. The number of ether oxygens (including phenoxy) is 1. The predicted octanol–water partition coefficient (Wildman–Crippen LogP) is 6.71. The van der Waals surface area contributed by atoms with Crippen LogP contribution in [0.25, 0.3) is 11.0 Å². The minimum absolute atomic E-state index is 0.115. The molecule has 176 valence electrons. The van der Waals surface area contributed by atoms with Crippen LogP contribution in [0, 0.1) is 0 Å². The van der Waals surface area contributed by atoms with Gasteiger partial charge in [0.25, 0.3) is 5.91 Å². The number of para-hydroxylation sites is 2. The van der Waals surface area contributed by atoms with Crippen molar-refractivity contribution in [2.45, 2.75) is 45.7 Å². The number of aromatic nitrogens is 2. The molecule has 0 saturated heterocycles. The summed E-state index contributed by atoms with van der Waals surface area (Å²) >= 11 is 3.40. The van der Waals surface area contributed by atoms with Gasteiger partial charge in [0.05, 0.1) is 24.2 Å². The van der Waals surface area contributed by atoms with Crippen molar-refractivity contribution in [2.75, 3.05) is 6.61 Å². The SMILES string of the molecule is CCC(C)c1ccc(OCCCn2c(CNC(=O)c3ccc(Br)cc3)nc3ccccc32)cc1. The van der Waals surface area contributed by atoms with Crippen LogP contribution in [0.5, 0.6) is 5.75 Å². The molecule has 0 aliphatic carbocycles. The molecule has 0 aliphatic rings. The second kappa shape index (κ2) is 11.3. The Balaban J connectivity index is 1.38. The molecule has 1 atom stereocenters. The minimum Gasteiger partial charge on any atom is -0.494 e. The van der Waals surface area contributed by atoms with Crippen LogP contribution in [0.1, 0.15) is 54.4 Å². The van der Waals surface area contributed by atoms with Crippen LogP contribution in [0.15, 0.2) is 77.3 Å². The van der Waals surface area contributed by atoms with E-state index in [0.29, 0.717) is 24.6 Å². The number of carbonyl (C=O) groups excluding carboxylic acids is 1. The predicted molar refractivity (Wildman–Crippen MR) is 140 cm³/mol. The van der Waals surface area contributed by atoms with Gasteiger partial charge in [-0.1, -0.05) is 54.0 Å². The van der Waals surface area contributed by atoms with E-state index >= 15 is 0 Å². The van der Waals surface area contributed by atoms with E-state index < -0.39 is 0 Å². The number of imidazole rings is 1. The quantitative estimate of drug-likeness (QED) is 0.237. The molecule has 0 aliphatic heterocycles. The fourth-order valence-electron chi connectivity index (χ4n) is 3.91. The molecule has 1 amide bonds. The van der Waals surface area contributed by atoms with Gasteiger partial charge in [-0.05, 0) is 72.9 Å². The first-order valence-corrected chi connectivity index (χ1v) is 12.5. The number of hydrogen-bond acceptors (Lipinski definition) is 3. The molecule has 34 heavy (non-hydrogen) atoms. The van der Waals surface area contributed by atoms with E-state index in [1.54, 1.807) is 12.1 Å². The maximum absolute atomic E-state index is 12.6. The lowest BCUT2D eigenvalue weighted by atomic mass is 9.99. The molecule has 0 bridgehead atoms. The molecule has 1 unspecified atom stereocenters. The second-order valence-corrected chi connectivity index (χ2v) is 9.35. The van der Waals surface area contributed by atoms with Gasteiger partial charge in [-0.2, -0.15) is 0 Å². The molecule has 1 aromatic heterocycles. The van der Waals surface area contributed by atoms with E-state index in [1.165, 1.54) is 5.56 Å². The largest absolute Gasteiger partial charge is 0.494 e. The number of aryl methyl sites for hydroxylation is 1. The van der Waals surface area contributed by atoms with Crippen molar-refractivity contribution in [2.24, 2.45) is 0 Å². The standard InChI is InChI=1S/C28H30BrN3O2/c1-3-20(2)21-11-15-24(16-12-21)34-18-6-17-32-26-8-5-4-7-25(26)31-27(32)19-30-28(33)22-9-13-23(29)14-10-22/h4-5,7-16,20H,3,6,17-19H2,1-2H3,(H,30,33). The fourth-order valence-corrected chi connectivity index (χ4v) is 4.18. The lowest BCUT2D eigenvalue weighted by Crippen LogP contribution is -2.25. The van der Waals surface area contributed by atoms with Crippen LogP contribution < -0.4 is 10.1 Å². The fraction of sp³-hybridized carbons (Fsp3) is 0.286. The Kier molecular flexibility index (Phi) is 8.01. The zero-order valence-corrected chi connectivity index (χ0v) is 21.2. The van der Waals surface area contributed by atoms with Crippen molar-refractivity contribution < 1.29 is 9.53 Å². The number of benzene rings is 3. The van der Waals surface area contributed by atoms with Crippen LogP contribution in [-0.2, 0) is 13.1 Å². The van der Waals surface area contributed by atoms with Crippen LogP contribution in [0.2, 0.25) is 0 Å². The highest BCUT2D eigenvalue weighted by Crippen LogP contribution is 2.22. The van der Waals surface area contributed by atoms with E-state index in [0.717, 1.165) is 46.5 Å². The smallest absolute Gasteiger partial charge is 0.251 e. The molecule has 0 radical (unpaired) electrons. The highest BCUT2D eigenvalue weighted by atomic mass is 79.9. The minimum atomic E-state index is -0.115. The topological polar surface area (TPSA) is 56.1 Å².